The molecule has 0 fully saturated rings. The average molecular weight is 325 g/mol. The highest BCUT2D eigenvalue weighted by molar-refractivity contribution is 5.90. The van der Waals surface area contributed by atoms with E-state index in [0.717, 1.165) is 25.1 Å². The molecular weight excluding hydrogens is 302 g/mol. The molecule has 0 aliphatic rings. The zero-order valence-corrected chi connectivity index (χ0v) is 14.2. The summed E-state index contributed by atoms with van der Waals surface area (Å²) in [5, 5.41) is 1.20. The van der Waals surface area contributed by atoms with E-state index in [1.165, 1.54) is 6.42 Å². The monoisotopic (exact) mass is 325 g/mol. The molecule has 0 bridgehead atoms. The summed E-state index contributed by atoms with van der Waals surface area (Å²) in [6.45, 7) is 1.78. The fourth-order valence-corrected chi connectivity index (χ4v) is 2.77. The summed E-state index contributed by atoms with van der Waals surface area (Å²) in [4.78, 5) is 14.7. The van der Waals surface area contributed by atoms with E-state index in [9.17, 15) is 4.79 Å². The number of hydrogen-bond acceptors (Lipinski definition) is 4. The number of nitrogens with zero attached hydrogens (tertiary/aromatic N) is 1. The largest absolute Gasteiger partial charge is 0.493 e. The molecule has 3 rings (SSSR count). The van der Waals surface area contributed by atoms with Gasteiger partial charge >= 0.3 is 0 Å². The van der Waals surface area contributed by atoms with Crippen molar-refractivity contribution >= 4 is 21.9 Å². The number of hydrogen-bond donors (Lipinski definition) is 0. The lowest BCUT2D eigenvalue weighted by Gasteiger charge is -2.10. The second-order valence-electron chi connectivity index (χ2n) is 6.30. The van der Waals surface area contributed by atoms with Gasteiger partial charge in [0, 0.05) is 6.07 Å². The van der Waals surface area contributed by atoms with Crippen molar-refractivity contribution in [1.29, 1.82) is 0 Å². The van der Waals surface area contributed by atoms with Gasteiger partial charge < -0.3 is 14.1 Å². The highest BCUT2D eigenvalue weighted by atomic mass is 16.5. The molecule has 0 amide bonds. The van der Waals surface area contributed by atoms with E-state index in [0.29, 0.717) is 28.5 Å². The van der Waals surface area contributed by atoms with Crippen LogP contribution in [0.25, 0.3) is 21.9 Å². The van der Waals surface area contributed by atoms with Gasteiger partial charge in [0.15, 0.2) is 0 Å². The van der Waals surface area contributed by atoms with Crippen molar-refractivity contribution in [3.05, 3.63) is 52.7 Å². The first kappa shape index (κ1) is 16.5. The Kier molecular flexibility index (Phi) is 5.16. The van der Waals surface area contributed by atoms with Crippen molar-refractivity contribution in [1.82, 2.24) is 4.90 Å². The predicted octanol–water partition coefficient (Wildman–Crippen LogP) is 4.06. The minimum Gasteiger partial charge on any atom is -0.493 e. The Bertz CT molecular complexity index is 883. The van der Waals surface area contributed by atoms with Gasteiger partial charge in [0.1, 0.15) is 16.9 Å². The molecule has 0 unspecified atom stereocenters. The third-order valence-electron chi connectivity index (χ3n) is 4.07. The van der Waals surface area contributed by atoms with Crippen molar-refractivity contribution in [2.24, 2.45) is 0 Å². The van der Waals surface area contributed by atoms with Gasteiger partial charge in [-0.15, -0.1) is 0 Å². The number of ether oxygens (including phenoxy) is 1. The van der Waals surface area contributed by atoms with Crippen LogP contribution in [0.4, 0.5) is 0 Å². The molecule has 0 aliphatic heterocycles. The maximum absolute atomic E-state index is 12.5. The van der Waals surface area contributed by atoms with Crippen LogP contribution < -0.4 is 10.2 Å². The van der Waals surface area contributed by atoms with Crippen LogP contribution in [0.2, 0.25) is 0 Å². The van der Waals surface area contributed by atoms with E-state index in [1.807, 2.05) is 30.3 Å². The molecule has 4 heteroatoms. The Hall–Kier alpha value is -2.33. The van der Waals surface area contributed by atoms with Crippen molar-refractivity contribution < 1.29 is 9.15 Å². The Labute approximate surface area is 141 Å². The summed E-state index contributed by atoms with van der Waals surface area (Å²) in [5.74, 6) is 0.744. The summed E-state index contributed by atoms with van der Waals surface area (Å²) in [6, 6.07) is 12.8. The molecule has 1 aromatic heterocycles. The molecule has 4 nitrogen and oxygen atoms in total. The van der Waals surface area contributed by atoms with Crippen LogP contribution in [0.15, 0.2) is 51.7 Å². The lowest BCUT2D eigenvalue weighted by atomic mass is 10.1. The Morgan fingerprint density at radius 1 is 0.958 bits per heavy atom. The van der Waals surface area contributed by atoms with E-state index in [4.69, 9.17) is 9.15 Å². The Balaban J connectivity index is 1.70. The van der Waals surface area contributed by atoms with Crippen molar-refractivity contribution in [3.8, 4) is 5.75 Å². The van der Waals surface area contributed by atoms with Crippen LogP contribution in [0.1, 0.15) is 19.3 Å². The fraction of sp³-hybridized carbons (Fsp3) is 0.350. The van der Waals surface area contributed by atoms with Gasteiger partial charge in [0.25, 0.3) is 0 Å². The van der Waals surface area contributed by atoms with Gasteiger partial charge in [-0.1, -0.05) is 12.1 Å². The predicted molar refractivity (Wildman–Crippen MR) is 97.9 cm³/mol. The van der Waals surface area contributed by atoms with Crippen LogP contribution in [-0.2, 0) is 0 Å². The first-order chi connectivity index (χ1) is 11.6. The van der Waals surface area contributed by atoms with Crippen LogP contribution in [0.5, 0.6) is 5.75 Å². The topological polar surface area (TPSA) is 42.7 Å². The molecule has 2 aromatic carbocycles. The molecule has 0 radical (unpaired) electrons. The van der Waals surface area contributed by atoms with Crippen LogP contribution >= 0.6 is 0 Å². The zero-order valence-electron chi connectivity index (χ0n) is 14.2. The number of fused-ring (bicyclic) bond motifs is 2. The number of para-hydroxylation sites is 1. The molecule has 0 aliphatic carbocycles. The first-order valence-corrected chi connectivity index (χ1v) is 8.38. The zero-order chi connectivity index (χ0) is 16.9. The summed E-state index contributed by atoms with van der Waals surface area (Å²) in [6.07, 6.45) is 3.34. The molecule has 0 N–H and O–H groups in total. The summed E-state index contributed by atoms with van der Waals surface area (Å²) >= 11 is 0. The van der Waals surface area contributed by atoms with E-state index < -0.39 is 0 Å². The number of rotatable bonds is 7. The SMILES string of the molecule is CN(C)CCCCCOc1ccc2c(=O)c3ccccc3oc2c1. The molecule has 0 saturated heterocycles. The quantitative estimate of drug-likeness (QED) is 0.485. The molecule has 0 atom stereocenters. The molecule has 1 heterocycles. The molecular formula is C20H23NO3. The fourth-order valence-electron chi connectivity index (χ4n) is 2.77. The van der Waals surface area contributed by atoms with Crippen LogP contribution in [0, 0.1) is 0 Å². The summed E-state index contributed by atoms with van der Waals surface area (Å²) in [5.41, 5.74) is 1.18. The van der Waals surface area contributed by atoms with E-state index >= 15 is 0 Å². The second-order valence-corrected chi connectivity index (χ2v) is 6.30. The maximum Gasteiger partial charge on any atom is 0.200 e. The van der Waals surface area contributed by atoms with Crippen molar-refractivity contribution in [3.63, 3.8) is 0 Å². The van der Waals surface area contributed by atoms with Crippen LogP contribution in [-0.4, -0.2) is 32.1 Å². The molecule has 126 valence electrons. The smallest absolute Gasteiger partial charge is 0.200 e. The van der Waals surface area contributed by atoms with Gasteiger partial charge in [-0.3, -0.25) is 4.79 Å². The average Bonchev–Trinajstić information content (AvgIpc) is 2.58. The second kappa shape index (κ2) is 7.49. The van der Waals surface area contributed by atoms with Gasteiger partial charge in [0.05, 0.1) is 17.4 Å². The Morgan fingerprint density at radius 3 is 2.58 bits per heavy atom. The number of unbranched alkanes of at least 4 members (excludes halogenated alkanes) is 2. The summed E-state index contributed by atoms with van der Waals surface area (Å²) in [7, 11) is 4.17. The lowest BCUT2D eigenvalue weighted by Crippen LogP contribution is -2.13. The molecule has 0 saturated carbocycles. The highest BCUT2D eigenvalue weighted by Gasteiger charge is 2.08. The van der Waals surface area contributed by atoms with Crippen LogP contribution in [0.3, 0.4) is 0 Å². The normalized spacial score (nSPS) is 11.5. The maximum atomic E-state index is 12.5. The summed E-state index contributed by atoms with van der Waals surface area (Å²) < 4.78 is 11.7. The van der Waals surface area contributed by atoms with Gasteiger partial charge in [-0.2, -0.15) is 0 Å². The Morgan fingerprint density at radius 2 is 1.75 bits per heavy atom. The molecule has 0 spiro atoms. The molecule has 3 aromatic rings. The van der Waals surface area contributed by atoms with Gasteiger partial charge in [-0.25, -0.2) is 0 Å². The van der Waals surface area contributed by atoms with Crippen molar-refractivity contribution in [2.75, 3.05) is 27.2 Å². The van der Waals surface area contributed by atoms with Crippen molar-refractivity contribution in [2.45, 2.75) is 19.3 Å². The minimum atomic E-state index is 0.00193. The van der Waals surface area contributed by atoms with E-state index in [-0.39, 0.29) is 5.43 Å². The minimum absolute atomic E-state index is 0.00193. The molecule has 24 heavy (non-hydrogen) atoms. The standard InChI is InChI=1S/C20H23NO3/c1-21(2)12-6-3-7-13-23-15-10-11-17-19(14-15)24-18-9-5-4-8-16(18)20(17)22/h4-5,8-11,14H,3,6-7,12-13H2,1-2H3. The number of benzene rings is 2. The van der Waals surface area contributed by atoms with E-state index in [2.05, 4.69) is 19.0 Å². The van der Waals surface area contributed by atoms with E-state index in [1.54, 1.807) is 12.1 Å². The van der Waals surface area contributed by atoms with Gasteiger partial charge in [-0.05, 0) is 64.2 Å². The highest BCUT2D eigenvalue weighted by Crippen LogP contribution is 2.23. The first-order valence-electron chi connectivity index (χ1n) is 8.38. The van der Waals surface area contributed by atoms with Gasteiger partial charge in [0.2, 0.25) is 5.43 Å². The third kappa shape index (κ3) is 3.77. The lowest BCUT2D eigenvalue weighted by molar-refractivity contribution is 0.299. The third-order valence-corrected chi connectivity index (χ3v) is 4.07.